The molecule has 6 heterocycles. The Morgan fingerprint density at radius 1 is 0.792 bits per heavy atom. The van der Waals surface area contributed by atoms with Crippen molar-refractivity contribution in [2.75, 3.05) is 53.7 Å². The number of hydrogen-bond acceptors (Lipinski definition) is 11. The first kappa shape index (κ1) is 35.4. The first-order valence-electron chi connectivity index (χ1n) is 18.9. The molecule has 4 bridgehead atoms. The lowest BCUT2D eigenvalue weighted by Gasteiger charge is -2.60. The first-order chi connectivity index (χ1) is 24.9. The Morgan fingerprint density at radius 3 is 2.08 bits per heavy atom. The summed E-state index contributed by atoms with van der Waals surface area (Å²) in [5.74, 6) is 2.07. The number of methoxy groups -OCH3 is 2. The van der Waals surface area contributed by atoms with E-state index in [9.17, 15) is 9.90 Å². The Balaban J connectivity index is 0.000000137. The van der Waals surface area contributed by atoms with E-state index in [0.717, 1.165) is 69.4 Å². The number of phenols is 1. The number of likely N-dealkylation sites (tertiary alicyclic amines) is 1. The Morgan fingerprint density at radius 2 is 1.40 bits per heavy atom. The van der Waals surface area contributed by atoms with Gasteiger partial charge in [0.1, 0.15) is 0 Å². The third-order valence-electron chi connectivity index (χ3n) is 14.6. The molecule has 2 N–H and O–H groups in total. The Bertz CT molecular complexity index is 1810. The van der Waals surface area contributed by atoms with Crippen LogP contribution < -0.4 is 19.5 Å². The molecule has 4 spiro atoms. The predicted octanol–water partition coefficient (Wildman–Crippen LogP) is 4.98. The van der Waals surface area contributed by atoms with Gasteiger partial charge in [0.05, 0.1) is 40.6 Å². The number of nitrogens with one attached hydrogen (secondary N) is 1. The van der Waals surface area contributed by atoms with E-state index in [4.69, 9.17) is 37.9 Å². The minimum Gasteiger partial charge on any atom is -0.504 e. The van der Waals surface area contributed by atoms with Crippen molar-refractivity contribution < 1.29 is 47.8 Å². The van der Waals surface area contributed by atoms with E-state index in [-0.39, 0.29) is 55.8 Å². The molecule has 6 aliphatic heterocycles. The molecule has 10 aliphatic rings. The molecule has 4 saturated heterocycles. The van der Waals surface area contributed by atoms with Crippen LogP contribution in [0, 0.1) is 11.8 Å². The highest BCUT2D eigenvalue weighted by Crippen LogP contribution is 2.68. The number of ether oxygens (including phenoxy) is 8. The number of fused-ring (bicyclic) bond motifs is 2. The minimum atomic E-state index is -0.701. The number of piperidine rings is 2. The number of benzene rings is 2. The molecule has 12 nitrogen and oxygen atoms in total. The quantitative estimate of drug-likeness (QED) is 0.412. The lowest BCUT2D eigenvalue weighted by molar-refractivity contribution is -0.260. The summed E-state index contributed by atoms with van der Waals surface area (Å²) in [7, 11) is 3.15. The normalized spacial score (nSPS) is 37.1. The molecule has 53 heavy (non-hydrogen) atoms. The first-order valence-corrected chi connectivity index (χ1v) is 18.9. The van der Waals surface area contributed by atoms with Gasteiger partial charge in [-0.25, -0.2) is 4.79 Å². The molecule has 288 valence electrons. The second-order valence-corrected chi connectivity index (χ2v) is 16.2. The molecule has 1 amide bonds. The summed E-state index contributed by atoms with van der Waals surface area (Å²) in [6, 6.07) is 8.57. The van der Waals surface area contributed by atoms with Crippen LogP contribution in [0.5, 0.6) is 23.0 Å². The summed E-state index contributed by atoms with van der Waals surface area (Å²) < 4.78 is 48.5. The summed E-state index contributed by atoms with van der Waals surface area (Å²) in [4.78, 5) is 14.4. The SMILES string of the molecule is C.C.COC(=O)N1CC[C@]23c4c5ccc(OC)c4OC2C2(CCC3C1C5)OCCO2.Oc1ccc2c3c1OC1C4(CCC5C(C2)NCC[C@@]351)OCCO4. The highest BCUT2D eigenvalue weighted by molar-refractivity contribution is 5.70. The molecule has 12 heteroatoms. The molecule has 8 atom stereocenters. The van der Waals surface area contributed by atoms with E-state index in [1.807, 2.05) is 11.0 Å². The van der Waals surface area contributed by atoms with Gasteiger partial charge in [-0.1, -0.05) is 27.0 Å². The van der Waals surface area contributed by atoms with Crippen LogP contribution in [0.3, 0.4) is 0 Å². The zero-order chi connectivity index (χ0) is 34.3. The highest BCUT2D eigenvalue weighted by atomic mass is 16.8. The number of nitrogens with zero attached hydrogens (tertiary/aromatic N) is 1. The van der Waals surface area contributed by atoms with Gasteiger partial charge >= 0.3 is 6.09 Å². The van der Waals surface area contributed by atoms with Crippen molar-refractivity contribution in [1.29, 1.82) is 0 Å². The van der Waals surface area contributed by atoms with Crippen LogP contribution in [0.4, 0.5) is 4.79 Å². The molecular formula is C41H54N2O10. The molecule has 2 saturated carbocycles. The second-order valence-electron chi connectivity index (χ2n) is 16.2. The molecule has 6 unspecified atom stereocenters. The Kier molecular flexibility index (Phi) is 8.09. The van der Waals surface area contributed by atoms with Crippen molar-refractivity contribution in [1.82, 2.24) is 10.2 Å². The number of aromatic hydroxyl groups is 1. The highest BCUT2D eigenvalue weighted by Gasteiger charge is 2.73. The van der Waals surface area contributed by atoms with Crippen molar-refractivity contribution >= 4 is 6.09 Å². The molecule has 0 aromatic heterocycles. The van der Waals surface area contributed by atoms with Crippen LogP contribution in [-0.4, -0.2) is 106 Å². The molecule has 2 aromatic rings. The fourth-order valence-corrected chi connectivity index (χ4v) is 13.0. The summed E-state index contributed by atoms with van der Waals surface area (Å²) in [6.07, 6.45) is 6.79. The molecule has 12 rings (SSSR count). The Labute approximate surface area is 311 Å². The fraction of sp³-hybridized carbons (Fsp3) is 0.683. The minimum absolute atomic E-state index is 0. The summed E-state index contributed by atoms with van der Waals surface area (Å²) >= 11 is 0. The maximum atomic E-state index is 12.5. The molecule has 4 aliphatic carbocycles. The van der Waals surface area contributed by atoms with Crippen molar-refractivity contribution in [3.8, 4) is 23.0 Å². The van der Waals surface area contributed by atoms with E-state index in [1.54, 1.807) is 13.2 Å². The third-order valence-corrected chi connectivity index (χ3v) is 14.6. The topological polar surface area (TPSA) is 126 Å². The zero-order valence-electron chi connectivity index (χ0n) is 29.2. The monoisotopic (exact) mass is 734 g/mol. The van der Waals surface area contributed by atoms with Crippen LogP contribution in [0.15, 0.2) is 24.3 Å². The lowest BCUT2D eigenvalue weighted by Crippen LogP contribution is -2.70. The fourth-order valence-electron chi connectivity index (χ4n) is 13.0. The van der Waals surface area contributed by atoms with Gasteiger partial charge in [-0.15, -0.1) is 0 Å². The molecule has 6 fully saturated rings. The average molecular weight is 735 g/mol. The van der Waals surface area contributed by atoms with Gasteiger partial charge in [0.2, 0.25) is 11.6 Å². The van der Waals surface area contributed by atoms with Gasteiger partial charge in [-0.2, -0.15) is 0 Å². The van der Waals surface area contributed by atoms with E-state index < -0.39 is 11.6 Å². The summed E-state index contributed by atoms with van der Waals surface area (Å²) in [5, 5.41) is 14.1. The van der Waals surface area contributed by atoms with E-state index >= 15 is 0 Å². The predicted molar refractivity (Wildman–Crippen MR) is 193 cm³/mol. The third kappa shape index (κ3) is 4.27. The van der Waals surface area contributed by atoms with E-state index in [2.05, 4.69) is 17.4 Å². The Hall–Kier alpha value is -3.29. The average Bonchev–Trinajstić information content (AvgIpc) is 3.95. The maximum absolute atomic E-state index is 12.5. The van der Waals surface area contributed by atoms with Gasteiger partial charge in [0.25, 0.3) is 0 Å². The van der Waals surface area contributed by atoms with Crippen molar-refractivity contribution in [2.45, 2.75) is 113 Å². The van der Waals surface area contributed by atoms with Gasteiger partial charge in [-0.3, -0.25) is 0 Å². The maximum Gasteiger partial charge on any atom is 0.409 e. The van der Waals surface area contributed by atoms with Crippen LogP contribution in [0.25, 0.3) is 0 Å². The summed E-state index contributed by atoms with van der Waals surface area (Å²) in [6.45, 7) is 4.11. The van der Waals surface area contributed by atoms with Gasteiger partial charge < -0.3 is 53.2 Å². The zero-order valence-corrected chi connectivity index (χ0v) is 29.2. The smallest absolute Gasteiger partial charge is 0.409 e. The number of hydrogen-bond donors (Lipinski definition) is 2. The number of amides is 1. The molecular weight excluding hydrogens is 680 g/mol. The number of phenolic OH excluding ortho intramolecular Hbond substituents is 1. The van der Waals surface area contributed by atoms with Crippen LogP contribution in [0.2, 0.25) is 0 Å². The van der Waals surface area contributed by atoms with Crippen LogP contribution in [-0.2, 0) is 47.4 Å². The van der Waals surface area contributed by atoms with Crippen LogP contribution in [0.1, 0.15) is 75.6 Å². The van der Waals surface area contributed by atoms with Gasteiger partial charge in [0, 0.05) is 53.4 Å². The number of carbonyl (C=O) groups is 1. The van der Waals surface area contributed by atoms with Gasteiger partial charge in [0.15, 0.2) is 35.2 Å². The second kappa shape index (κ2) is 12.1. The largest absolute Gasteiger partial charge is 0.504 e. The van der Waals surface area contributed by atoms with Crippen LogP contribution >= 0.6 is 0 Å². The van der Waals surface area contributed by atoms with Gasteiger partial charge in [-0.05, 0) is 80.2 Å². The molecule has 2 aromatic carbocycles. The van der Waals surface area contributed by atoms with Crippen molar-refractivity contribution in [3.63, 3.8) is 0 Å². The van der Waals surface area contributed by atoms with Crippen molar-refractivity contribution in [3.05, 3.63) is 46.5 Å². The number of carbonyl (C=O) groups excluding carboxylic acids is 1. The summed E-state index contributed by atoms with van der Waals surface area (Å²) in [5.41, 5.74) is 4.80. The standard InChI is InChI=1S/C21H25NO6.C18H21NO4.2CH4/c1-24-15-4-3-12-11-14-13-5-6-21(26-9-10-27-21)18-20(13,16(12)17(15)28-18)7-8-22(14)19(23)25-2;20-13-2-1-10-9-12-11-3-4-18(21-7-8-22-18)16-17(11,5-6-19-12)14(10)15(13)23-16;;/h3-4,13-14,18H,5-11H2,1-2H3;1-2,11-12,16,19-20H,3-9H2;2*1H4/t13?,14?,18?,20-;11?,12?,16?,17-;;/m00../s1. The number of rotatable bonds is 1. The van der Waals surface area contributed by atoms with E-state index in [0.29, 0.717) is 56.6 Å². The molecule has 0 radical (unpaired) electrons. The van der Waals surface area contributed by atoms with E-state index in [1.165, 1.54) is 29.4 Å². The van der Waals surface area contributed by atoms with Crippen molar-refractivity contribution in [2.24, 2.45) is 11.8 Å². The lowest BCUT2D eigenvalue weighted by atomic mass is 9.50.